The molecule has 0 unspecified atom stereocenters. The van der Waals surface area contributed by atoms with E-state index < -0.39 is 5.92 Å². The fourth-order valence-corrected chi connectivity index (χ4v) is 4.51. The number of benzene rings is 3. The molecule has 0 radical (unpaired) electrons. The fraction of sp³-hybridized carbons (Fsp3) is 0.250. The number of hydrogen-bond donors (Lipinski definition) is 2. The van der Waals surface area contributed by atoms with Crippen LogP contribution in [-0.2, 0) is 20.9 Å². The third kappa shape index (κ3) is 6.89. The maximum absolute atomic E-state index is 12.7. The maximum Gasteiger partial charge on any atom is 0.262 e. The van der Waals surface area contributed by atoms with Gasteiger partial charge in [0.15, 0.2) is 6.61 Å². The van der Waals surface area contributed by atoms with E-state index >= 15 is 0 Å². The molecule has 37 heavy (non-hydrogen) atoms. The summed E-state index contributed by atoms with van der Waals surface area (Å²) in [4.78, 5) is 39.1. The summed E-state index contributed by atoms with van der Waals surface area (Å²) in [7, 11) is 1.60. The number of amides is 3. The molecule has 1 atom stereocenters. The van der Waals surface area contributed by atoms with E-state index in [1.807, 2.05) is 49.4 Å². The highest BCUT2D eigenvalue weighted by Gasteiger charge is 2.35. The Hall–Kier alpha value is -3.85. The Balaban J connectivity index is 1.26. The first-order valence-corrected chi connectivity index (χ1v) is 12.6. The van der Waals surface area contributed by atoms with Crippen molar-refractivity contribution in [3.63, 3.8) is 0 Å². The summed E-state index contributed by atoms with van der Waals surface area (Å²) in [6.45, 7) is 2.46. The van der Waals surface area contributed by atoms with Crippen LogP contribution in [0.5, 0.6) is 11.5 Å². The molecule has 1 heterocycles. The highest BCUT2D eigenvalue weighted by atomic mass is 79.9. The number of carbonyl (C=O) groups is 3. The molecule has 2 N–H and O–H groups in total. The van der Waals surface area contributed by atoms with Gasteiger partial charge < -0.3 is 25.0 Å². The molecule has 8 nitrogen and oxygen atoms in total. The van der Waals surface area contributed by atoms with Gasteiger partial charge in [-0.3, -0.25) is 14.4 Å². The number of halogens is 1. The van der Waals surface area contributed by atoms with Gasteiger partial charge in [0, 0.05) is 35.4 Å². The van der Waals surface area contributed by atoms with Gasteiger partial charge in [-0.05, 0) is 72.6 Å². The van der Waals surface area contributed by atoms with E-state index in [1.165, 1.54) is 0 Å². The van der Waals surface area contributed by atoms with E-state index in [-0.39, 0.29) is 30.7 Å². The molecule has 1 saturated heterocycles. The number of nitrogens with one attached hydrogen (secondary N) is 2. The first kappa shape index (κ1) is 26.2. The van der Waals surface area contributed by atoms with Crippen molar-refractivity contribution in [1.29, 1.82) is 0 Å². The van der Waals surface area contributed by atoms with Crippen LogP contribution < -0.4 is 25.0 Å². The van der Waals surface area contributed by atoms with Crippen molar-refractivity contribution in [2.75, 3.05) is 30.5 Å². The van der Waals surface area contributed by atoms with Crippen LogP contribution in [-0.4, -0.2) is 38.0 Å². The van der Waals surface area contributed by atoms with Crippen molar-refractivity contribution in [1.82, 2.24) is 5.32 Å². The Kier molecular flexibility index (Phi) is 8.45. The van der Waals surface area contributed by atoms with Gasteiger partial charge in [-0.2, -0.15) is 0 Å². The van der Waals surface area contributed by atoms with Crippen LogP contribution >= 0.6 is 15.9 Å². The van der Waals surface area contributed by atoms with E-state index in [9.17, 15) is 14.4 Å². The molecular weight excluding hydrogens is 538 g/mol. The molecule has 1 aliphatic heterocycles. The second-order valence-electron chi connectivity index (χ2n) is 8.76. The molecule has 0 spiro atoms. The zero-order chi connectivity index (χ0) is 26.4. The number of aryl methyl sites for hydroxylation is 1. The van der Waals surface area contributed by atoms with Gasteiger partial charge >= 0.3 is 0 Å². The lowest BCUT2D eigenvalue weighted by atomic mass is 10.1. The smallest absolute Gasteiger partial charge is 0.262 e. The molecule has 1 aliphatic rings. The summed E-state index contributed by atoms with van der Waals surface area (Å²) in [5.41, 5.74) is 3.29. The Labute approximate surface area is 224 Å². The normalized spacial score (nSPS) is 14.8. The summed E-state index contributed by atoms with van der Waals surface area (Å²) in [5.74, 6) is 0.302. The monoisotopic (exact) mass is 565 g/mol. The molecule has 0 aromatic heterocycles. The average Bonchev–Trinajstić information content (AvgIpc) is 3.30. The number of ether oxygens (including phenoxy) is 2. The van der Waals surface area contributed by atoms with Crippen LogP contribution in [0.2, 0.25) is 0 Å². The van der Waals surface area contributed by atoms with Crippen LogP contribution in [0.25, 0.3) is 0 Å². The Morgan fingerprint density at radius 3 is 2.41 bits per heavy atom. The minimum absolute atomic E-state index is 0.109. The molecule has 192 valence electrons. The third-order valence-electron chi connectivity index (χ3n) is 6.10. The van der Waals surface area contributed by atoms with Gasteiger partial charge in [0.2, 0.25) is 11.8 Å². The zero-order valence-corrected chi connectivity index (χ0v) is 22.2. The lowest BCUT2D eigenvalue weighted by Crippen LogP contribution is -2.32. The molecule has 0 aliphatic carbocycles. The van der Waals surface area contributed by atoms with Gasteiger partial charge in [-0.25, -0.2) is 0 Å². The van der Waals surface area contributed by atoms with Crippen molar-refractivity contribution < 1.29 is 23.9 Å². The molecule has 3 amide bonds. The first-order chi connectivity index (χ1) is 17.8. The van der Waals surface area contributed by atoms with Crippen LogP contribution in [0.3, 0.4) is 0 Å². The van der Waals surface area contributed by atoms with Crippen LogP contribution in [0.4, 0.5) is 11.4 Å². The first-order valence-electron chi connectivity index (χ1n) is 11.8. The zero-order valence-electron chi connectivity index (χ0n) is 20.6. The second kappa shape index (κ2) is 11.9. The van der Waals surface area contributed by atoms with E-state index in [0.717, 1.165) is 27.0 Å². The summed E-state index contributed by atoms with van der Waals surface area (Å²) in [5, 5.41) is 5.74. The van der Waals surface area contributed by atoms with Crippen molar-refractivity contribution in [3.8, 4) is 11.5 Å². The van der Waals surface area contributed by atoms with E-state index in [4.69, 9.17) is 9.47 Å². The van der Waals surface area contributed by atoms with Crippen LogP contribution in [0.15, 0.2) is 71.2 Å². The Bertz CT molecular complexity index is 1280. The van der Waals surface area contributed by atoms with Gasteiger partial charge in [0.1, 0.15) is 11.5 Å². The second-order valence-corrected chi connectivity index (χ2v) is 9.68. The number of nitrogens with zero attached hydrogens (tertiary/aromatic N) is 1. The minimum atomic E-state index is -0.424. The molecule has 3 aromatic rings. The summed E-state index contributed by atoms with van der Waals surface area (Å²) < 4.78 is 11.7. The lowest BCUT2D eigenvalue weighted by molar-refractivity contribution is -0.126. The summed E-state index contributed by atoms with van der Waals surface area (Å²) in [6, 6.07) is 20.0. The summed E-state index contributed by atoms with van der Waals surface area (Å²) >= 11 is 3.40. The van der Waals surface area contributed by atoms with Crippen molar-refractivity contribution >= 4 is 45.0 Å². The van der Waals surface area contributed by atoms with Crippen LogP contribution in [0.1, 0.15) is 17.5 Å². The van der Waals surface area contributed by atoms with Gasteiger partial charge in [-0.1, -0.05) is 28.1 Å². The van der Waals surface area contributed by atoms with Crippen molar-refractivity contribution in [2.24, 2.45) is 5.92 Å². The quantitative estimate of drug-likeness (QED) is 0.399. The lowest BCUT2D eigenvalue weighted by Gasteiger charge is -2.17. The van der Waals surface area contributed by atoms with Gasteiger partial charge in [0.25, 0.3) is 5.91 Å². The van der Waals surface area contributed by atoms with Gasteiger partial charge in [0.05, 0.1) is 13.0 Å². The highest BCUT2D eigenvalue weighted by Crippen LogP contribution is 2.27. The minimum Gasteiger partial charge on any atom is -0.497 e. The average molecular weight is 566 g/mol. The number of methoxy groups -OCH3 is 1. The van der Waals surface area contributed by atoms with Gasteiger partial charge in [-0.15, -0.1) is 0 Å². The van der Waals surface area contributed by atoms with Crippen LogP contribution in [0, 0.1) is 12.8 Å². The molecule has 1 fully saturated rings. The fourth-order valence-electron chi connectivity index (χ4n) is 4.03. The summed E-state index contributed by atoms with van der Waals surface area (Å²) in [6.07, 6.45) is 0.155. The predicted molar refractivity (Wildman–Crippen MR) is 145 cm³/mol. The Morgan fingerprint density at radius 2 is 1.73 bits per heavy atom. The number of hydrogen-bond acceptors (Lipinski definition) is 5. The number of carbonyl (C=O) groups excluding carboxylic acids is 3. The predicted octanol–water partition coefficient (Wildman–Crippen LogP) is 4.45. The molecule has 4 rings (SSSR count). The van der Waals surface area contributed by atoms with E-state index in [2.05, 4.69) is 26.6 Å². The molecular formula is C28H28BrN3O5. The Morgan fingerprint density at radius 1 is 1.03 bits per heavy atom. The largest absolute Gasteiger partial charge is 0.497 e. The standard InChI is InChI=1S/C28H28BrN3O5/c1-18-13-21(29)5-12-25(18)31-26(33)17-37-24-10-6-22(7-11-24)32-16-20(14-27(32)34)28(35)30-15-19-3-8-23(36-2)9-4-19/h3-13,20H,14-17H2,1-2H3,(H,30,35)(H,31,33)/t20-/m1/s1. The number of rotatable bonds is 9. The SMILES string of the molecule is COc1ccc(CNC(=O)[C@@H]2CC(=O)N(c3ccc(OCC(=O)Nc4ccc(Br)cc4C)cc3)C2)cc1. The number of anilines is 2. The van der Waals surface area contributed by atoms with Crippen molar-refractivity contribution in [2.45, 2.75) is 19.9 Å². The molecule has 3 aromatic carbocycles. The molecule has 0 saturated carbocycles. The highest BCUT2D eigenvalue weighted by molar-refractivity contribution is 9.10. The maximum atomic E-state index is 12.7. The molecule has 9 heteroatoms. The third-order valence-corrected chi connectivity index (χ3v) is 6.60. The van der Waals surface area contributed by atoms with Crippen molar-refractivity contribution in [3.05, 3.63) is 82.3 Å². The van der Waals surface area contributed by atoms with E-state index in [0.29, 0.717) is 24.5 Å². The van der Waals surface area contributed by atoms with E-state index in [1.54, 1.807) is 36.3 Å². The molecule has 0 bridgehead atoms. The topological polar surface area (TPSA) is 97.0 Å².